The maximum atomic E-state index is 12.9. The molecule has 2 aromatic carbocycles. The predicted molar refractivity (Wildman–Crippen MR) is 114 cm³/mol. The van der Waals surface area contributed by atoms with Gasteiger partial charge in [0.15, 0.2) is 13.1 Å². The van der Waals surface area contributed by atoms with E-state index in [1.54, 1.807) is 12.1 Å². The fraction of sp³-hybridized carbons (Fsp3) is 0.391. The molecule has 160 valence electrons. The first-order chi connectivity index (χ1) is 14.5. The summed E-state index contributed by atoms with van der Waals surface area (Å²) in [7, 11) is 0. The quantitative estimate of drug-likeness (QED) is 0.469. The molecule has 3 rings (SSSR count). The molecule has 30 heavy (non-hydrogen) atoms. The molecule has 4 N–H and O–H groups in total. The van der Waals surface area contributed by atoms with Crippen LogP contribution in [-0.2, 0) is 9.59 Å². The molecule has 1 heterocycles. The zero-order valence-corrected chi connectivity index (χ0v) is 17.4. The molecule has 0 aromatic heterocycles. The van der Waals surface area contributed by atoms with E-state index in [0.717, 1.165) is 26.2 Å². The Kier molecular flexibility index (Phi) is 7.93. The third kappa shape index (κ3) is 6.93. The van der Waals surface area contributed by atoms with Crippen molar-refractivity contribution < 1.29 is 23.8 Å². The molecule has 7 heteroatoms. The molecule has 1 atom stereocenters. The molecule has 1 aliphatic heterocycles. The molecule has 1 saturated heterocycles. The Morgan fingerprint density at radius 1 is 0.900 bits per heavy atom. The number of nitrogens with one attached hydrogen (secondary N) is 4. The lowest BCUT2D eigenvalue weighted by Crippen LogP contribution is -3.28. The third-order valence-corrected chi connectivity index (χ3v) is 5.59. The van der Waals surface area contributed by atoms with Crippen LogP contribution in [0.25, 0.3) is 0 Å². The summed E-state index contributed by atoms with van der Waals surface area (Å²) in [6.45, 7) is 7.02. The molecule has 0 bridgehead atoms. The minimum Gasteiger partial charge on any atom is -0.351 e. The Morgan fingerprint density at radius 3 is 2.07 bits per heavy atom. The lowest BCUT2D eigenvalue weighted by molar-refractivity contribution is -1.00. The Labute approximate surface area is 177 Å². The lowest BCUT2D eigenvalue weighted by atomic mass is 10.0. The summed E-state index contributed by atoms with van der Waals surface area (Å²) in [4.78, 5) is 27.0. The number of piperazine rings is 1. The molecular formula is C23H31FN4O2+2. The van der Waals surface area contributed by atoms with Gasteiger partial charge in [0.1, 0.15) is 32.0 Å². The van der Waals surface area contributed by atoms with Gasteiger partial charge in [0, 0.05) is 12.2 Å². The smallest absolute Gasteiger partial charge is 0.279 e. The van der Waals surface area contributed by atoms with Gasteiger partial charge in [0.25, 0.3) is 11.8 Å². The molecule has 1 fully saturated rings. The van der Waals surface area contributed by atoms with Crippen molar-refractivity contribution in [3.8, 4) is 0 Å². The van der Waals surface area contributed by atoms with E-state index in [9.17, 15) is 14.0 Å². The Hall–Kier alpha value is -2.77. The van der Waals surface area contributed by atoms with Gasteiger partial charge in [-0.25, -0.2) is 4.39 Å². The predicted octanol–water partition coefficient (Wildman–Crippen LogP) is -0.532. The number of carbonyl (C=O) groups is 2. The van der Waals surface area contributed by atoms with Crippen LogP contribution >= 0.6 is 0 Å². The Morgan fingerprint density at radius 2 is 1.47 bits per heavy atom. The van der Waals surface area contributed by atoms with Crippen molar-refractivity contribution in [2.75, 3.05) is 51.1 Å². The van der Waals surface area contributed by atoms with E-state index < -0.39 is 0 Å². The van der Waals surface area contributed by atoms with Gasteiger partial charge in [0.05, 0.1) is 0 Å². The zero-order chi connectivity index (χ0) is 21.3. The van der Waals surface area contributed by atoms with Gasteiger partial charge in [-0.3, -0.25) is 9.59 Å². The van der Waals surface area contributed by atoms with Crippen molar-refractivity contribution in [2.24, 2.45) is 0 Å². The molecular weight excluding hydrogens is 383 g/mol. The molecule has 0 aliphatic carbocycles. The van der Waals surface area contributed by atoms with Crippen LogP contribution in [0, 0.1) is 5.82 Å². The summed E-state index contributed by atoms with van der Waals surface area (Å²) < 4.78 is 12.9. The van der Waals surface area contributed by atoms with Crippen LogP contribution < -0.4 is 20.4 Å². The molecule has 0 spiro atoms. The highest BCUT2D eigenvalue weighted by molar-refractivity contribution is 5.91. The first-order valence-electron chi connectivity index (χ1n) is 10.5. The van der Waals surface area contributed by atoms with Crippen LogP contribution in [0.3, 0.4) is 0 Å². The zero-order valence-electron chi connectivity index (χ0n) is 17.4. The van der Waals surface area contributed by atoms with Crippen LogP contribution in [0.4, 0.5) is 10.1 Å². The van der Waals surface area contributed by atoms with Crippen LogP contribution in [0.1, 0.15) is 18.4 Å². The van der Waals surface area contributed by atoms with E-state index in [1.807, 2.05) is 18.2 Å². The van der Waals surface area contributed by atoms with E-state index >= 15 is 0 Å². The monoisotopic (exact) mass is 414 g/mol. The van der Waals surface area contributed by atoms with Gasteiger partial charge >= 0.3 is 0 Å². The summed E-state index contributed by atoms with van der Waals surface area (Å²) in [5.41, 5.74) is 1.83. The fourth-order valence-electron chi connectivity index (χ4n) is 3.73. The number of carbonyl (C=O) groups excluding carboxylic acids is 2. The second kappa shape index (κ2) is 10.8. The summed E-state index contributed by atoms with van der Waals surface area (Å²) in [6.07, 6.45) is 0. The summed E-state index contributed by atoms with van der Waals surface area (Å²) in [5, 5.41) is 5.85. The molecule has 0 radical (unpaired) electrons. The third-order valence-electron chi connectivity index (χ3n) is 5.59. The number of benzene rings is 2. The van der Waals surface area contributed by atoms with Crippen LogP contribution in [0.15, 0.2) is 54.6 Å². The number of hydrogen-bond donors (Lipinski definition) is 4. The minimum absolute atomic E-state index is 0.0743. The van der Waals surface area contributed by atoms with Crippen LogP contribution in [0.2, 0.25) is 0 Å². The average molecular weight is 415 g/mol. The molecule has 1 aliphatic rings. The van der Waals surface area contributed by atoms with Gasteiger partial charge in [-0.05, 0) is 35.7 Å². The normalized spacial score (nSPS) is 19.7. The average Bonchev–Trinajstić information content (AvgIpc) is 2.75. The van der Waals surface area contributed by atoms with Crippen molar-refractivity contribution in [3.05, 3.63) is 66.0 Å². The second-order valence-electron chi connectivity index (χ2n) is 8.02. The van der Waals surface area contributed by atoms with E-state index in [2.05, 4.69) is 29.7 Å². The summed E-state index contributed by atoms with van der Waals surface area (Å²) in [6, 6.07) is 16.0. The van der Waals surface area contributed by atoms with Gasteiger partial charge in [0.2, 0.25) is 0 Å². The maximum absolute atomic E-state index is 12.9. The van der Waals surface area contributed by atoms with Crippen molar-refractivity contribution >= 4 is 17.5 Å². The molecule has 2 aromatic rings. The number of rotatable bonds is 8. The van der Waals surface area contributed by atoms with E-state index in [-0.39, 0.29) is 23.5 Å². The van der Waals surface area contributed by atoms with Crippen molar-refractivity contribution in [1.29, 1.82) is 0 Å². The molecule has 0 unspecified atom stereocenters. The molecule has 0 saturated carbocycles. The summed E-state index contributed by atoms with van der Waals surface area (Å²) in [5.74, 6) is -0.0414. The molecule has 2 amide bonds. The van der Waals surface area contributed by atoms with E-state index in [4.69, 9.17) is 0 Å². The maximum Gasteiger partial charge on any atom is 0.279 e. The van der Waals surface area contributed by atoms with Crippen molar-refractivity contribution in [1.82, 2.24) is 5.32 Å². The standard InChI is InChI=1S/C23H29FN4O2/c1-18(19-5-3-2-4-6-19)15-25-22(29)16-27-11-13-28(14-12-27)17-23(30)26-21-9-7-20(24)8-10-21/h2-10,18H,11-17H2,1H3,(H,25,29)(H,26,30)/p+2/t18-/m0/s1. The number of quaternary nitrogens is 2. The molecule has 6 nitrogen and oxygen atoms in total. The second-order valence-corrected chi connectivity index (χ2v) is 8.02. The van der Waals surface area contributed by atoms with Gasteiger partial charge < -0.3 is 20.4 Å². The van der Waals surface area contributed by atoms with Crippen molar-refractivity contribution in [3.63, 3.8) is 0 Å². The van der Waals surface area contributed by atoms with Crippen LogP contribution in [0.5, 0.6) is 0 Å². The first kappa shape index (κ1) is 21.9. The van der Waals surface area contributed by atoms with E-state index in [0.29, 0.717) is 25.3 Å². The van der Waals surface area contributed by atoms with Crippen molar-refractivity contribution in [2.45, 2.75) is 12.8 Å². The number of hydrogen-bond acceptors (Lipinski definition) is 2. The van der Waals surface area contributed by atoms with Gasteiger partial charge in [-0.15, -0.1) is 0 Å². The largest absolute Gasteiger partial charge is 0.351 e. The SMILES string of the molecule is C[C@@H](CNC(=O)C[NH+]1CC[NH+](CC(=O)Nc2ccc(F)cc2)CC1)c1ccccc1. The topological polar surface area (TPSA) is 67.1 Å². The summed E-state index contributed by atoms with van der Waals surface area (Å²) >= 11 is 0. The first-order valence-corrected chi connectivity index (χ1v) is 10.5. The van der Waals surface area contributed by atoms with Crippen LogP contribution in [-0.4, -0.2) is 57.6 Å². The highest BCUT2D eigenvalue weighted by Gasteiger charge is 2.26. The highest BCUT2D eigenvalue weighted by atomic mass is 19.1. The number of anilines is 1. The highest BCUT2D eigenvalue weighted by Crippen LogP contribution is 2.12. The number of halogens is 1. The Balaban J connectivity index is 1.33. The van der Waals surface area contributed by atoms with Gasteiger partial charge in [-0.1, -0.05) is 37.3 Å². The minimum atomic E-state index is -0.323. The lowest BCUT2D eigenvalue weighted by Gasteiger charge is -2.29. The fourth-order valence-corrected chi connectivity index (χ4v) is 3.73. The van der Waals surface area contributed by atoms with E-state index in [1.165, 1.54) is 27.5 Å². The number of amides is 2. The Bertz CT molecular complexity index is 821. The van der Waals surface area contributed by atoms with Gasteiger partial charge in [-0.2, -0.15) is 0 Å².